The Hall–Kier alpha value is -1.17. The molecule has 2 rings (SSSR count). The zero-order valence-corrected chi connectivity index (χ0v) is 12.3. The number of benzene rings is 1. The van der Waals surface area contributed by atoms with Gasteiger partial charge in [0.15, 0.2) is 0 Å². The van der Waals surface area contributed by atoms with Crippen molar-refractivity contribution in [1.29, 1.82) is 0 Å². The van der Waals surface area contributed by atoms with Crippen LogP contribution in [0.2, 0.25) is 0 Å². The first kappa shape index (κ1) is 14.2. The number of aliphatic hydroxyl groups excluding tert-OH is 2. The molecule has 1 aromatic carbocycles. The van der Waals surface area contributed by atoms with Gasteiger partial charge < -0.3 is 15.5 Å². The smallest absolute Gasteiger partial charge is 0.134 e. The molecular weight excluding hydrogens is 308 g/mol. The van der Waals surface area contributed by atoms with E-state index in [0.717, 1.165) is 15.2 Å². The van der Waals surface area contributed by atoms with Crippen molar-refractivity contribution < 1.29 is 10.2 Å². The van der Waals surface area contributed by atoms with Gasteiger partial charge in [-0.05, 0) is 18.6 Å². The van der Waals surface area contributed by atoms with Crippen molar-refractivity contribution in [2.45, 2.75) is 18.9 Å². The zero-order chi connectivity index (χ0) is 13.9. The molecule has 1 aromatic heterocycles. The molecule has 0 fully saturated rings. The highest BCUT2D eigenvalue weighted by Crippen LogP contribution is 2.29. The number of pyridine rings is 1. The normalized spacial score (nSPS) is 11.8. The second kappa shape index (κ2) is 5.86. The van der Waals surface area contributed by atoms with Gasteiger partial charge in [-0.3, -0.25) is 0 Å². The Morgan fingerprint density at radius 1 is 1.21 bits per heavy atom. The number of hydrogen-bond acceptors (Lipinski definition) is 4. The summed E-state index contributed by atoms with van der Waals surface area (Å²) in [6.07, 6.45) is 2.32. The van der Waals surface area contributed by atoms with Gasteiger partial charge in [0.05, 0.1) is 18.8 Å². The van der Waals surface area contributed by atoms with E-state index < -0.39 is 5.54 Å². The highest BCUT2D eigenvalue weighted by Gasteiger charge is 2.27. The topological polar surface area (TPSA) is 65.4 Å². The standard InChI is InChI=1S/C14H17BrN2O2/c1-2-14(8-18,9-19)17-13-11-4-3-5-12(15)10(11)6-7-16-13/h3-7,18-19H,2,8-9H2,1H3,(H,16,17). The minimum Gasteiger partial charge on any atom is -0.394 e. The summed E-state index contributed by atoms with van der Waals surface area (Å²) < 4.78 is 0.991. The average molecular weight is 325 g/mol. The maximum absolute atomic E-state index is 9.50. The molecule has 0 unspecified atom stereocenters. The molecule has 4 nitrogen and oxygen atoms in total. The molecule has 0 atom stereocenters. The van der Waals surface area contributed by atoms with Gasteiger partial charge in [-0.2, -0.15) is 0 Å². The van der Waals surface area contributed by atoms with Gasteiger partial charge in [-0.15, -0.1) is 0 Å². The van der Waals surface area contributed by atoms with Crippen LogP contribution in [0.25, 0.3) is 10.8 Å². The van der Waals surface area contributed by atoms with Crippen LogP contribution >= 0.6 is 15.9 Å². The predicted molar refractivity (Wildman–Crippen MR) is 80.3 cm³/mol. The molecule has 0 aliphatic carbocycles. The Bertz CT molecular complexity index is 562. The van der Waals surface area contributed by atoms with Crippen molar-refractivity contribution in [2.75, 3.05) is 18.5 Å². The van der Waals surface area contributed by atoms with Gasteiger partial charge in [-0.1, -0.05) is 35.0 Å². The molecular formula is C14H17BrN2O2. The van der Waals surface area contributed by atoms with E-state index in [9.17, 15) is 10.2 Å². The van der Waals surface area contributed by atoms with Crippen LogP contribution in [-0.4, -0.2) is 33.9 Å². The molecule has 0 amide bonds. The number of hydrogen-bond donors (Lipinski definition) is 3. The van der Waals surface area contributed by atoms with Crippen LogP contribution in [0.15, 0.2) is 34.9 Å². The summed E-state index contributed by atoms with van der Waals surface area (Å²) in [4.78, 5) is 4.32. The van der Waals surface area contributed by atoms with Crippen LogP contribution in [-0.2, 0) is 0 Å². The minimum atomic E-state index is -0.746. The quantitative estimate of drug-likeness (QED) is 0.790. The molecule has 0 bridgehead atoms. The second-order valence-electron chi connectivity index (χ2n) is 4.57. The van der Waals surface area contributed by atoms with Gasteiger partial charge in [0, 0.05) is 21.4 Å². The molecule has 5 heteroatoms. The van der Waals surface area contributed by atoms with E-state index in [4.69, 9.17) is 0 Å². The van der Waals surface area contributed by atoms with E-state index in [1.54, 1.807) is 6.20 Å². The summed E-state index contributed by atoms with van der Waals surface area (Å²) in [7, 11) is 0. The molecule has 0 saturated heterocycles. The van der Waals surface area contributed by atoms with Gasteiger partial charge in [0.1, 0.15) is 5.82 Å². The van der Waals surface area contributed by atoms with Crippen molar-refractivity contribution in [3.63, 3.8) is 0 Å². The molecule has 102 valence electrons. The Kier molecular flexibility index (Phi) is 4.39. The number of rotatable bonds is 5. The Morgan fingerprint density at radius 2 is 1.95 bits per heavy atom. The Labute approximate surface area is 120 Å². The van der Waals surface area contributed by atoms with E-state index in [1.807, 2.05) is 31.2 Å². The maximum Gasteiger partial charge on any atom is 0.134 e. The third kappa shape index (κ3) is 2.73. The Balaban J connectivity index is 2.49. The van der Waals surface area contributed by atoms with Crippen molar-refractivity contribution in [1.82, 2.24) is 4.98 Å². The summed E-state index contributed by atoms with van der Waals surface area (Å²) in [5, 5.41) is 24.2. The summed E-state index contributed by atoms with van der Waals surface area (Å²) in [5.74, 6) is 0.670. The fourth-order valence-corrected chi connectivity index (χ4v) is 2.46. The Morgan fingerprint density at radius 3 is 2.58 bits per heavy atom. The van der Waals surface area contributed by atoms with E-state index in [0.29, 0.717) is 12.2 Å². The first-order valence-electron chi connectivity index (χ1n) is 6.19. The summed E-state index contributed by atoms with van der Waals surface area (Å²) in [5.41, 5.74) is -0.746. The van der Waals surface area contributed by atoms with Crippen LogP contribution in [0, 0.1) is 0 Å². The van der Waals surface area contributed by atoms with Gasteiger partial charge in [0.25, 0.3) is 0 Å². The lowest BCUT2D eigenvalue weighted by atomic mass is 9.98. The fourth-order valence-electron chi connectivity index (χ4n) is 1.96. The van der Waals surface area contributed by atoms with Gasteiger partial charge >= 0.3 is 0 Å². The third-order valence-corrected chi connectivity index (χ3v) is 4.11. The summed E-state index contributed by atoms with van der Waals surface area (Å²) in [6, 6.07) is 7.79. The highest BCUT2D eigenvalue weighted by molar-refractivity contribution is 9.10. The molecule has 19 heavy (non-hydrogen) atoms. The first-order chi connectivity index (χ1) is 9.15. The summed E-state index contributed by atoms with van der Waals surface area (Å²) >= 11 is 3.51. The highest BCUT2D eigenvalue weighted by atomic mass is 79.9. The lowest BCUT2D eigenvalue weighted by Gasteiger charge is -2.30. The fraction of sp³-hybridized carbons (Fsp3) is 0.357. The van der Waals surface area contributed by atoms with Crippen molar-refractivity contribution >= 4 is 32.5 Å². The van der Waals surface area contributed by atoms with Crippen molar-refractivity contribution in [2.24, 2.45) is 0 Å². The first-order valence-corrected chi connectivity index (χ1v) is 6.98. The van der Waals surface area contributed by atoms with Crippen LogP contribution in [0.3, 0.4) is 0 Å². The van der Waals surface area contributed by atoms with E-state index in [2.05, 4.69) is 26.2 Å². The largest absolute Gasteiger partial charge is 0.394 e. The number of nitrogens with one attached hydrogen (secondary N) is 1. The van der Waals surface area contributed by atoms with Crippen LogP contribution in [0.5, 0.6) is 0 Å². The lowest BCUT2D eigenvalue weighted by molar-refractivity contribution is 0.132. The van der Waals surface area contributed by atoms with Crippen LogP contribution in [0.4, 0.5) is 5.82 Å². The third-order valence-electron chi connectivity index (χ3n) is 3.42. The molecule has 0 radical (unpaired) electrons. The molecule has 1 heterocycles. The number of aromatic nitrogens is 1. The second-order valence-corrected chi connectivity index (χ2v) is 5.42. The number of halogens is 1. The molecule has 0 spiro atoms. The number of anilines is 1. The minimum absolute atomic E-state index is 0.147. The van der Waals surface area contributed by atoms with E-state index >= 15 is 0 Å². The van der Waals surface area contributed by atoms with Crippen LogP contribution < -0.4 is 5.32 Å². The molecule has 0 aliphatic rings. The number of aliphatic hydroxyl groups is 2. The lowest BCUT2D eigenvalue weighted by Crippen LogP contribution is -2.45. The molecule has 3 N–H and O–H groups in total. The summed E-state index contributed by atoms with van der Waals surface area (Å²) in [6.45, 7) is 1.62. The van der Waals surface area contributed by atoms with E-state index in [1.165, 1.54) is 0 Å². The molecule has 0 aliphatic heterocycles. The monoisotopic (exact) mass is 324 g/mol. The van der Waals surface area contributed by atoms with Gasteiger partial charge in [-0.25, -0.2) is 4.98 Å². The number of fused-ring (bicyclic) bond motifs is 1. The molecule has 0 saturated carbocycles. The van der Waals surface area contributed by atoms with Crippen molar-refractivity contribution in [3.8, 4) is 0 Å². The number of nitrogens with zero attached hydrogens (tertiary/aromatic N) is 1. The zero-order valence-electron chi connectivity index (χ0n) is 10.7. The van der Waals surface area contributed by atoms with Crippen molar-refractivity contribution in [3.05, 3.63) is 34.9 Å². The predicted octanol–water partition coefficient (Wildman–Crippen LogP) is 2.54. The SMILES string of the molecule is CCC(CO)(CO)Nc1nccc2c(Br)cccc12. The van der Waals surface area contributed by atoms with Crippen LogP contribution in [0.1, 0.15) is 13.3 Å². The van der Waals surface area contributed by atoms with E-state index in [-0.39, 0.29) is 13.2 Å². The molecule has 2 aromatic rings. The maximum atomic E-state index is 9.50. The van der Waals surface area contributed by atoms with Gasteiger partial charge in [0.2, 0.25) is 0 Å². The average Bonchev–Trinajstić information content (AvgIpc) is 2.46.